The molecule has 1 unspecified atom stereocenters. The van der Waals surface area contributed by atoms with Crippen molar-refractivity contribution < 1.29 is 18.0 Å². The molecule has 2 aromatic rings. The van der Waals surface area contributed by atoms with Crippen LogP contribution in [0.1, 0.15) is 36.8 Å². The summed E-state index contributed by atoms with van der Waals surface area (Å²) in [6, 6.07) is 13.8. The van der Waals surface area contributed by atoms with Crippen LogP contribution in [0.15, 0.2) is 53.4 Å². The molecule has 1 aliphatic rings. The number of hydrogen-bond acceptors (Lipinski definition) is 4. The molecule has 0 aliphatic carbocycles. The van der Waals surface area contributed by atoms with E-state index in [1.807, 2.05) is 26.0 Å². The number of carbonyl (C=O) groups is 2. The molecule has 166 valence electrons. The standard InChI is InChI=1S/C23H29N3O4S/c1-17-11-12-21(18(2)16-17)25-23(28)22(27)24-14-13-19-8-6-7-15-26(19)31(29,30)20-9-4-3-5-10-20/h3-5,9-12,16,19H,6-8,13-15H2,1-2H3,(H,24,27)(H,25,28). The molecule has 1 fully saturated rings. The minimum absolute atomic E-state index is 0.207. The highest BCUT2D eigenvalue weighted by Crippen LogP contribution is 2.26. The lowest BCUT2D eigenvalue weighted by atomic mass is 10.0. The summed E-state index contributed by atoms with van der Waals surface area (Å²) in [6.07, 6.45) is 2.94. The third kappa shape index (κ3) is 5.71. The number of nitrogens with zero attached hydrogens (tertiary/aromatic N) is 1. The Hall–Kier alpha value is -2.71. The number of hydrogen-bond donors (Lipinski definition) is 2. The van der Waals surface area contributed by atoms with Gasteiger partial charge in [-0.25, -0.2) is 8.42 Å². The second-order valence-electron chi connectivity index (χ2n) is 7.90. The number of nitrogens with one attached hydrogen (secondary N) is 2. The zero-order valence-electron chi connectivity index (χ0n) is 17.9. The summed E-state index contributed by atoms with van der Waals surface area (Å²) in [7, 11) is -3.59. The normalized spacial score (nSPS) is 17.2. The fourth-order valence-electron chi connectivity index (χ4n) is 3.87. The predicted molar refractivity (Wildman–Crippen MR) is 120 cm³/mol. The van der Waals surface area contributed by atoms with E-state index >= 15 is 0 Å². The zero-order valence-corrected chi connectivity index (χ0v) is 18.7. The van der Waals surface area contributed by atoms with Crippen LogP contribution in [-0.2, 0) is 19.6 Å². The van der Waals surface area contributed by atoms with Gasteiger partial charge in [-0.15, -0.1) is 0 Å². The van der Waals surface area contributed by atoms with Gasteiger partial charge in [0.25, 0.3) is 0 Å². The molecule has 0 aromatic heterocycles. The molecule has 2 N–H and O–H groups in total. The Bertz CT molecular complexity index is 1040. The molecular formula is C23H29N3O4S. The molecule has 1 aliphatic heterocycles. The summed E-state index contributed by atoms with van der Waals surface area (Å²) in [5.41, 5.74) is 2.55. The van der Waals surface area contributed by atoms with Crippen LogP contribution in [-0.4, -0.2) is 43.7 Å². The molecule has 2 aromatic carbocycles. The van der Waals surface area contributed by atoms with Crippen LogP contribution in [0.25, 0.3) is 0 Å². The lowest BCUT2D eigenvalue weighted by Gasteiger charge is -2.34. The van der Waals surface area contributed by atoms with Crippen molar-refractivity contribution in [3.8, 4) is 0 Å². The van der Waals surface area contributed by atoms with Gasteiger partial charge in [0.05, 0.1) is 4.90 Å². The van der Waals surface area contributed by atoms with E-state index in [0.717, 1.165) is 30.4 Å². The lowest BCUT2D eigenvalue weighted by molar-refractivity contribution is -0.136. The monoisotopic (exact) mass is 443 g/mol. The van der Waals surface area contributed by atoms with Crippen LogP contribution in [0.2, 0.25) is 0 Å². The lowest BCUT2D eigenvalue weighted by Crippen LogP contribution is -2.45. The first-order valence-electron chi connectivity index (χ1n) is 10.5. The van der Waals surface area contributed by atoms with Gasteiger partial charge in [0.1, 0.15) is 0 Å². The van der Waals surface area contributed by atoms with Crippen LogP contribution in [0.4, 0.5) is 5.69 Å². The number of carbonyl (C=O) groups excluding carboxylic acids is 2. The molecule has 7 nitrogen and oxygen atoms in total. The van der Waals surface area contributed by atoms with E-state index < -0.39 is 21.8 Å². The minimum atomic E-state index is -3.59. The van der Waals surface area contributed by atoms with Gasteiger partial charge in [0, 0.05) is 24.8 Å². The van der Waals surface area contributed by atoms with E-state index in [2.05, 4.69) is 10.6 Å². The summed E-state index contributed by atoms with van der Waals surface area (Å²) < 4.78 is 27.6. The summed E-state index contributed by atoms with van der Waals surface area (Å²) in [4.78, 5) is 24.7. The van der Waals surface area contributed by atoms with E-state index in [0.29, 0.717) is 18.7 Å². The molecule has 3 rings (SSSR count). The van der Waals surface area contributed by atoms with Crippen molar-refractivity contribution in [1.29, 1.82) is 0 Å². The van der Waals surface area contributed by atoms with E-state index in [1.165, 1.54) is 4.31 Å². The van der Waals surface area contributed by atoms with Crippen molar-refractivity contribution in [3.63, 3.8) is 0 Å². The molecule has 1 heterocycles. The van der Waals surface area contributed by atoms with Crippen LogP contribution >= 0.6 is 0 Å². The number of rotatable bonds is 6. The average Bonchev–Trinajstić information content (AvgIpc) is 2.76. The highest BCUT2D eigenvalue weighted by Gasteiger charge is 2.33. The van der Waals surface area contributed by atoms with Crippen LogP contribution in [0, 0.1) is 13.8 Å². The highest BCUT2D eigenvalue weighted by molar-refractivity contribution is 7.89. The van der Waals surface area contributed by atoms with Gasteiger partial charge in [-0.3, -0.25) is 9.59 Å². The smallest absolute Gasteiger partial charge is 0.313 e. The number of aryl methyl sites for hydroxylation is 2. The van der Waals surface area contributed by atoms with Crippen molar-refractivity contribution in [2.75, 3.05) is 18.4 Å². The van der Waals surface area contributed by atoms with Gasteiger partial charge < -0.3 is 10.6 Å². The molecule has 2 amide bonds. The molecule has 1 saturated heterocycles. The Kier molecular flexibility index (Phi) is 7.46. The molecule has 0 spiro atoms. The van der Waals surface area contributed by atoms with Crippen molar-refractivity contribution in [2.24, 2.45) is 0 Å². The van der Waals surface area contributed by atoms with Gasteiger partial charge in [0.15, 0.2) is 0 Å². The SMILES string of the molecule is Cc1ccc(NC(=O)C(=O)NCCC2CCCCN2S(=O)(=O)c2ccccc2)c(C)c1. The molecular weight excluding hydrogens is 414 g/mol. The number of amides is 2. The third-order valence-corrected chi connectivity index (χ3v) is 7.49. The Morgan fingerprint density at radius 3 is 2.48 bits per heavy atom. The Labute approximate surface area is 183 Å². The quantitative estimate of drug-likeness (QED) is 0.671. The van der Waals surface area contributed by atoms with Crippen molar-refractivity contribution in [2.45, 2.75) is 50.5 Å². The summed E-state index contributed by atoms with van der Waals surface area (Å²) in [5.74, 6) is -1.46. The maximum Gasteiger partial charge on any atom is 0.313 e. The first-order chi connectivity index (χ1) is 14.8. The van der Waals surface area contributed by atoms with Gasteiger partial charge in [-0.05, 0) is 56.9 Å². The maximum absolute atomic E-state index is 13.0. The van der Waals surface area contributed by atoms with E-state index in [-0.39, 0.29) is 17.5 Å². The van der Waals surface area contributed by atoms with E-state index in [1.54, 1.807) is 36.4 Å². The second-order valence-corrected chi connectivity index (χ2v) is 9.79. The molecule has 0 bridgehead atoms. The van der Waals surface area contributed by atoms with Crippen molar-refractivity contribution in [3.05, 3.63) is 59.7 Å². The van der Waals surface area contributed by atoms with Crippen LogP contribution < -0.4 is 10.6 Å². The van der Waals surface area contributed by atoms with Gasteiger partial charge in [-0.1, -0.05) is 42.3 Å². The molecule has 31 heavy (non-hydrogen) atoms. The molecule has 0 radical (unpaired) electrons. The summed E-state index contributed by atoms with van der Waals surface area (Å²) >= 11 is 0. The number of sulfonamides is 1. The molecule has 8 heteroatoms. The second kappa shape index (κ2) is 10.1. The maximum atomic E-state index is 13.0. The topological polar surface area (TPSA) is 95.6 Å². The summed E-state index contributed by atoms with van der Waals surface area (Å²) in [6.45, 7) is 4.51. The summed E-state index contributed by atoms with van der Waals surface area (Å²) in [5, 5.41) is 5.24. The first-order valence-corrected chi connectivity index (χ1v) is 12.0. The van der Waals surface area contributed by atoms with Gasteiger partial charge in [0.2, 0.25) is 10.0 Å². The average molecular weight is 444 g/mol. The molecule has 0 saturated carbocycles. The predicted octanol–water partition coefficient (Wildman–Crippen LogP) is 2.99. The Morgan fingerprint density at radius 2 is 1.77 bits per heavy atom. The van der Waals surface area contributed by atoms with Crippen molar-refractivity contribution in [1.82, 2.24) is 9.62 Å². The van der Waals surface area contributed by atoms with Gasteiger partial charge in [-0.2, -0.15) is 4.31 Å². The molecule has 1 atom stereocenters. The minimum Gasteiger partial charge on any atom is -0.348 e. The largest absolute Gasteiger partial charge is 0.348 e. The Balaban J connectivity index is 1.56. The fraction of sp³-hybridized carbons (Fsp3) is 0.391. The van der Waals surface area contributed by atoms with E-state index in [4.69, 9.17) is 0 Å². The highest BCUT2D eigenvalue weighted by atomic mass is 32.2. The van der Waals surface area contributed by atoms with Crippen LogP contribution in [0.5, 0.6) is 0 Å². The third-order valence-electron chi connectivity index (χ3n) is 5.52. The van der Waals surface area contributed by atoms with Crippen LogP contribution in [0.3, 0.4) is 0 Å². The number of benzene rings is 2. The van der Waals surface area contributed by atoms with Gasteiger partial charge >= 0.3 is 11.8 Å². The van der Waals surface area contributed by atoms with Crippen molar-refractivity contribution >= 4 is 27.5 Å². The zero-order chi connectivity index (χ0) is 22.4. The number of piperidine rings is 1. The number of anilines is 1. The fourth-order valence-corrected chi connectivity index (χ4v) is 5.62. The Morgan fingerprint density at radius 1 is 1.03 bits per heavy atom. The van der Waals surface area contributed by atoms with E-state index in [9.17, 15) is 18.0 Å². The first kappa shape index (κ1) is 23.0.